The molecule has 4 nitrogen and oxygen atoms in total. The molecule has 18 heteroatoms. The molecule has 0 aromatic heterocycles. The molecule has 2 aromatic rings. The first-order valence-electron chi connectivity index (χ1n) is 9.19. The van der Waals surface area contributed by atoms with Crippen LogP contribution in [-0.4, -0.2) is 34.9 Å². The van der Waals surface area contributed by atoms with E-state index in [1.165, 1.54) is 0 Å². The van der Waals surface area contributed by atoms with Crippen LogP contribution in [-0.2, 0) is 17.6 Å². The van der Waals surface area contributed by atoms with Crippen molar-refractivity contribution in [2.24, 2.45) is 0 Å². The number of hydrogen-bond donors (Lipinski definition) is 4. The molecule has 0 fully saturated rings. The fourth-order valence-electron chi connectivity index (χ4n) is 3.32. The Kier molecular flexibility index (Phi) is 7.93. The Balaban J connectivity index is 2.80. The molecule has 37 heavy (non-hydrogen) atoms. The van der Waals surface area contributed by atoms with Crippen molar-refractivity contribution in [1.29, 1.82) is 0 Å². The van der Waals surface area contributed by atoms with Gasteiger partial charge in [0, 0.05) is 20.1 Å². The maximum absolute atomic E-state index is 13.4. The Morgan fingerprint density at radius 2 is 0.784 bits per heavy atom. The molecule has 0 unspecified atom stereocenters. The first-order chi connectivity index (χ1) is 16.3. The maximum Gasteiger partial charge on any atom is 0.430 e. The van der Waals surface area contributed by atoms with Gasteiger partial charge < -0.3 is 21.7 Å². The second-order valence-electron chi connectivity index (χ2n) is 7.67. The van der Waals surface area contributed by atoms with Gasteiger partial charge in [-0.3, -0.25) is 0 Å². The van der Waals surface area contributed by atoms with Gasteiger partial charge in [0.15, 0.2) is 0 Å². The van der Waals surface area contributed by atoms with Gasteiger partial charge in [-0.1, -0.05) is 0 Å². The molecule has 2 rings (SSSR count). The van der Waals surface area contributed by atoms with Crippen LogP contribution in [0.25, 0.3) is 0 Å². The summed E-state index contributed by atoms with van der Waals surface area (Å²) < 4.78 is 159. The van der Waals surface area contributed by atoms with Gasteiger partial charge in [-0.2, -0.15) is 52.7 Å². The Hall–Kier alpha value is -1.92. The third-order valence-corrected chi connectivity index (χ3v) is 6.52. The topological polar surface area (TPSA) is 92.5 Å². The first-order valence-corrected chi connectivity index (χ1v) is 10.8. The minimum absolute atomic E-state index is 0.144. The van der Waals surface area contributed by atoms with Crippen LogP contribution in [0.3, 0.4) is 0 Å². The van der Waals surface area contributed by atoms with Crippen LogP contribution in [0.1, 0.15) is 22.3 Å². The molecule has 0 aliphatic rings. The largest absolute Gasteiger partial charge is 0.430 e. The highest BCUT2D eigenvalue weighted by Crippen LogP contribution is 2.54. The molecular weight excluding hydrogens is 676 g/mol. The SMILES string of the molecule is Nc1c(Br)cc(Cc2cc(Br)c(N)c(C(O)(C(F)(F)F)C(F)(F)F)c2)cc1C(O)(C(F)(F)F)C(F)(F)F. The molecule has 0 saturated heterocycles. The highest BCUT2D eigenvalue weighted by molar-refractivity contribution is 9.11. The van der Waals surface area contributed by atoms with Crippen LogP contribution in [0.2, 0.25) is 0 Å². The van der Waals surface area contributed by atoms with Gasteiger partial charge in [0.1, 0.15) is 0 Å². The average molecular weight is 688 g/mol. The van der Waals surface area contributed by atoms with E-state index in [1.54, 1.807) is 0 Å². The standard InChI is InChI=1S/C19H12Br2F12N2O2/c20-10-4-6(2-8(12(10)34)14(36,16(22,23)24)17(25,26)27)1-7-3-9(13(35)11(21)5-7)15(37,18(28,29)30)19(31,32)33/h2-5,36-37H,1,34-35H2. The lowest BCUT2D eigenvalue weighted by molar-refractivity contribution is -0.376. The number of alkyl halides is 12. The second-order valence-corrected chi connectivity index (χ2v) is 9.38. The molecule has 0 atom stereocenters. The van der Waals surface area contributed by atoms with Crippen molar-refractivity contribution in [2.75, 3.05) is 11.5 Å². The minimum atomic E-state index is -6.34. The molecule has 0 radical (unpaired) electrons. The lowest BCUT2D eigenvalue weighted by Crippen LogP contribution is -2.54. The Morgan fingerprint density at radius 1 is 0.541 bits per heavy atom. The van der Waals surface area contributed by atoms with E-state index < -0.39 is 84.9 Å². The summed E-state index contributed by atoms with van der Waals surface area (Å²) in [5.41, 5.74) is -7.60. The Labute approximate surface area is 215 Å². The normalized spacial score (nSPS) is 14.3. The summed E-state index contributed by atoms with van der Waals surface area (Å²) in [5.74, 6) is 0. The molecule has 208 valence electrons. The number of anilines is 2. The van der Waals surface area contributed by atoms with E-state index in [0.717, 1.165) is 12.1 Å². The second kappa shape index (κ2) is 9.37. The van der Waals surface area contributed by atoms with Gasteiger partial charge in [0.2, 0.25) is 0 Å². The number of aliphatic hydroxyl groups is 2. The number of hydrogen-bond acceptors (Lipinski definition) is 4. The van der Waals surface area contributed by atoms with E-state index in [-0.39, 0.29) is 12.1 Å². The molecule has 2 aromatic carbocycles. The van der Waals surface area contributed by atoms with Gasteiger partial charge in [-0.15, -0.1) is 0 Å². The maximum atomic E-state index is 13.4. The zero-order valence-electron chi connectivity index (χ0n) is 17.4. The Bertz CT molecular complexity index is 1070. The number of nitrogens with two attached hydrogens (primary N) is 2. The highest BCUT2D eigenvalue weighted by atomic mass is 79.9. The van der Waals surface area contributed by atoms with Gasteiger partial charge in [0.25, 0.3) is 11.2 Å². The van der Waals surface area contributed by atoms with Gasteiger partial charge >= 0.3 is 24.7 Å². The predicted molar refractivity (Wildman–Crippen MR) is 112 cm³/mol. The van der Waals surface area contributed by atoms with Crippen molar-refractivity contribution in [1.82, 2.24) is 0 Å². The number of rotatable bonds is 4. The smallest absolute Gasteiger partial charge is 0.397 e. The van der Waals surface area contributed by atoms with E-state index in [9.17, 15) is 62.9 Å². The molecule has 0 aliphatic heterocycles. The fourth-order valence-corrected chi connectivity index (χ4v) is 4.33. The molecule has 0 spiro atoms. The van der Waals surface area contributed by atoms with Crippen molar-refractivity contribution in [2.45, 2.75) is 42.3 Å². The van der Waals surface area contributed by atoms with Gasteiger partial charge in [-0.05, 0) is 73.7 Å². The molecule has 0 heterocycles. The van der Waals surface area contributed by atoms with Crippen LogP contribution in [0.5, 0.6) is 0 Å². The summed E-state index contributed by atoms with van der Waals surface area (Å²) in [6, 6.07) is 1.95. The van der Waals surface area contributed by atoms with E-state index in [0.29, 0.717) is 0 Å². The van der Waals surface area contributed by atoms with E-state index in [1.807, 2.05) is 0 Å². The van der Waals surface area contributed by atoms with Crippen molar-refractivity contribution < 1.29 is 62.9 Å². The molecule has 6 N–H and O–H groups in total. The van der Waals surface area contributed by atoms with Gasteiger partial charge in [-0.25, -0.2) is 0 Å². The van der Waals surface area contributed by atoms with Crippen LogP contribution in [0.15, 0.2) is 33.2 Å². The first kappa shape index (κ1) is 31.3. The quantitative estimate of drug-likeness (QED) is 0.216. The molecule has 0 aliphatic carbocycles. The molecule has 0 amide bonds. The minimum Gasteiger partial charge on any atom is -0.397 e. The number of halogens is 14. The molecule has 0 saturated carbocycles. The van der Waals surface area contributed by atoms with Crippen LogP contribution in [0, 0.1) is 0 Å². The fraction of sp³-hybridized carbons (Fsp3) is 0.368. The summed E-state index contributed by atoms with van der Waals surface area (Å²) >= 11 is 5.25. The van der Waals surface area contributed by atoms with Crippen molar-refractivity contribution in [3.8, 4) is 0 Å². The van der Waals surface area contributed by atoms with Crippen molar-refractivity contribution in [3.05, 3.63) is 55.5 Å². The summed E-state index contributed by atoms with van der Waals surface area (Å²) in [5, 5.41) is 19.4. The van der Waals surface area contributed by atoms with Crippen LogP contribution >= 0.6 is 31.9 Å². The monoisotopic (exact) mass is 686 g/mol. The van der Waals surface area contributed by atoms with Gasteiger partial charge in [0.05, 0.1) is 11.4 Å². The lowest BCUT2D eigenvalue weighted by Gasteiger charge is -2.34. The van der Waals surface area contributed by atoms with Crippen LogP contribution in [0.4, 0.5) is 64.1 Å². The summed E-state index contributed by atoms with van der Waals surface area (Å²) in [6.45, 7) is 0. The number of benzene rings is 2. The predicted octanol–water partition coefficient (Wildman–Crippen LogP) is 6.59. The number of nitrogen functional groups attached to an aromatic ring is 2. The van der Waals surface area contributed by atoms with E-state index in [2.05, 4.69) is 31.9 Å². The third-order valence-electron chi connectivity index (χ3n) is 5.21. The van der Waals surface area contributed by atoms with Crippen molar-refractivity contribution >= 4 is 43.2 Å². The molecule has 0 bridgehead atoms. The lowest BCUT2D eigenvalue weighted by atomic mass is 9.86. The van der Waals surface area contributed by atoms with E-state index >= 15 is 0 Å². The Morgan fingerprint density at radius 3 is 1.00 bits per heavy atom. The summed E-state index contributed by atoms with van der Waals surface area (Å²) in [6.07, 6.45) is -26.3. The van der Waals surface area contributed by atoms with Crippen molar-refractivity contribution in [3.63, 3.8) is 0 Å². The summed E-state index contributed by atoms with van der Waals surface area (Å²) in [7, 11) is 0. The third kappa shape index (κ3) is 5.21. The average Bonchev–Trinajstić information content (AvgIpc) is 2.68. The van der Waals surface area contributed by atoms with E-state index in [4.69, 9.17) is 11.5 Å². The highest BCUT2D eigenvalue weighted by Gasteiger charge is 2.73. The zero-order valence-corrected chi connectivity index (χ0v) is 20.5. The van der Waals surface area contributed by atoms with Crippen LogP contribution < -0.4 is 11.5 Å². The molecular formula is C19H12Br2F12N2O2. The summed E-state index contributed by atoms with van der Waals surface area (Å²) in [4.78, 5) is 0. The zero-order chi connectivity index (χ0) is 29.2.